The Morgan fingerprint density at radius 2 is 1.55 bits per heavy atom. The Labute approximate surface area is 422 Å². The number of nitrogens with zero attached hydrogens (tertiary/aromatic N) is 5. The average Bonchev–Trinajstić information content (AvgIpc) is 3.67. The highest BCUT2D eigenvalue weighted by Gasteiger charge is 2.46. The summed E-state index contributed by atoms with van der Waals surface area (Å²) in [6.45, 7) is 2.25. The number of hydrogen-bond acceptors (Lipinski definition) is 14. The number of aromatic nitrogens is 2. The van der Waals surface area contributed by atoms with Crippen molar-refractivity contribution in [3.8, 4) is 28.8 Å². The van der Waals surface area contributed by atoms with Crippen LogP contribution in [0.25, 0.3) is 11.1 Å². The van der Waals surface area contributed by atoms with Crippen LogP contribution in [0, 0.1) is 11.3 Å². The Morgan fingerprint density at radius 1 is 0.767 bits per heavy atom. The van der Waals surface area contributed by atoms with E-state index in [1.54, 1.807) is 18.5 Å². The molecule has 4 N–H and O–H groups in total. The van der Waals surface area contributed by atoms with Crippen molar-refractivity contribution in [2.24, 2.45) is 0 Å². The summed E-state index contributed by atoms with van der Waals surface area (Å²) in [5.74, 6) is -1.71. The van der Waals surface area contributed by atoms with Crippen LogP contribution in [0.4, 0.5) is 16.3 Å². The summed E-state index contributed by atoms with van der Waals surface area (Å²) in [4.78, 5) is 88.2. The van der Waals surface area contributed by atoms with Gasteiger partial charge in [0, 0.05) is 62.3 Å². The summed E-state index contributed by atoms with van der Waals surface area (Å²) in [6, 6.07) is 30.7. The maximum atomic E-state index is 13.9. The topological polar surface area (TPSA) is 244 Å². The first kappa shape index (κ1) is 51.2. The second-order valence-corrected chi connectivity index (χ2v) is 17.7. The fourth-order valence-corrected chi connectivity index (χ4v) is 8.95. The molecule has 7 amide bonds. The molecule has 2 aliphatic heterocycles. The number of nitrogens with one attached hydrogen (secondary N) is 4. The third kappa shape index (κ3) is 13.6. The number of carbonyl (C=O) groups is 6. The van der Waals surface area contributed by atoms with E-state index in [0.29, 0.717) is 63.8 Å². The van der Waals surface area contributed by atoms with Crippen molar-refractivity contribution in [3.63, 3.8) is 0 Å². The third-order valence-corrected chi connectivity index (χ3v) is 12.7. The van der Waals surface area contributed by atoms with Crippen LogP contribution in [-0.4, -0.2) is 115 Å². The van der Waals surface area contributed by atoms with E-state index >= 15 is 0 Å². The van der Waals surface area contributed by atoms with Crippen molar-refractivity contribution in [2.75, 3.05) is 56.4 Å². The van der Waals surface area contributed by atoms with Gasteiger partial charge in [-0.2, -0.15) is 5.26 Å². The van der Waals surface area contributed by atoms with Crippen molar-refractivity contribution in [1.82, 2.24) is 30.8 Å². The molecule has 378 valence electrons. The van der Waals surface area contributed by atoms with Crippen molar-refractivity contribution in [2.45, 2.75) is 76.0 Å². The number of amides is 7. The highest BCUT2D eigenvalue weighted by atomic mass is 16.5. The largest absolute Gasteiger partial charge is 0.483 e. The quantitative estimate of drug-likeness (QED) is 0.0437. The number of pyridine rings is 2. The number of carbonyl (C=O) groups excluding carboxylic acids is 6. The molecule has 1 unspecified atom stereocenters. The lowest BCUT2D eigenvalue weighted by Gasteiger charge is -2.37. The van der Waals surface area contributed by atoms with Gasteiger partial charge in [-0.05, 0) is 104 Å². The van der Waals surface area contributed by atoms with Gasteiger partial charge in [0.25, 0.3) is 17.7 Å². The van der Waals surface area contributed by atoms with Gasteiger partial charge in [0.1, 0.15) is 30.3 Å². The fourth-order valence-electron chi connectivity index (χ4n) is 8.95. The van der Waals surface area contributed by atoms with Gasteiger partial charge in [0.15, 0.2) is 6.61 Å². The summed E-state index contributed by atoms with van der Waals surface area (Å²) in [5, 5.41) is 20.7. The molecule has 2 aromatic heterocycles. The molecule has 1 atom stereocenters. The molecule has 3 aliphatic rings. The molecule has 8 rings (SSSR count). The van der Waals surface area contributed by atoms with Crippen molar-refractivity contribution in [3.05, 3.63) is 132 Å². The summed E-state index contributed by atoms with van der Waals surface area (Å²) in [5.41, 5.74) is 4.24. The van der Waals surface area contributed by atoms with Crippen LogP contribution in [-0.2, 0) is 30.4 Å². The molecule has 1 saturated carbocycles. The predicted octanol–water partition coefficient (Wildman–Crippen LogP) is 5.94. The van der Waals surface area contributed by atoms with E-state index in [9.17, 15) is 28.8 Å². The van der Waals surface area contributed by atoms with E-state index in [1.807, 2.05) is 77.7 Å². The first-order chi connectivity index (χ1) is 35.6. The van der Waals surface area contributed by atoms with Gasteiger partial charge in [-0.3, -0.25) is 39.1 Å². The lowest BCUT2D eigenvalue weighted by molar-refractivity contribution is -0.136. The molecule has 3 aromatic carbocycles. The number of ether oxygens (including phenoxy) is 4. The molecule has 5 aromatic rings. The fraction of sp³-hybridized carbons (Fsp3) is 0.352. The van der Waals surface area contributed by atoms with E-state index < -0.39 is 35.6 Å². The van der Waals surface area contributed by atoms with Crippen LogP contribution in [0.1, 0.15) is 83.2 Å². The Morgan fingerprint density at radius 3 is 2.30 bits per heavy atom. The maximum absolute atomic E-state index is 13.9. The van der Waals surface area contributed by atoms with E-state index in [-0.39, 0.29) is 61.0 Å². The van der Waals surface area contributed by atoms with Crippen LogP contribution in [0.15, 0.2) is 109 Å². The summed E-state index contributed by atoms with van der Waals surface area (Å²) < 4.78 is 22.9. The number of rotatable bonds is 23. The van der Waals surface area contributed by atoms with Crippen LogP contribution >= 0.6 is 0 Å². The standard InChI is InChI=1S/C54H57N9O10/c55-32-37-11-21-46(58-34-37)60-40-14-18-42(19-15-40)62(54(69)59-33-36-7-2-1-3-8-36)41-16-12-38(13-17-41)39-23-25-57-49(31-39)72-30-29-71-28-27-70-26-5-4-24-56-48(65)35-73-45-10-6-9-43-50(45)53(68)63(52(43)67)44-20-22-47(64)61-51(44)66/h1-3,6-13,16-17,21,23,25,31,34,40,42,44H,4-5,14-15,18-20,22,24,26-30,33,35H2,(H,56,65)(H,58,60)(H,59,69)(H,61,64,66)/t40-,42-,44?. The zero-order valence-corrected chi connectivity index (χ0v) is 40.3. The molecule has 1 saturated heterocycles. The number of hydrogen-bond donors (Lipinski definition) is 4. The van der Waals surface area contributed by atoms with Gasteiger partial charge in [-0.15, -0.1) is 0 Å². The summed E-state index contributed by atoms with van der Waals surface area (Å²) in [7, 11) is 0. The monoisotopic (exact) mass is 991 g/mol. The van der Waals surface area contributed by atoms with Crippen LogP contribution in [0.3, 0.4) is 0 Å². The molecule has 0 spiro atoms. The predicted molar refractivity (Wildman–Crippen MR) is 267 cm³/mol. The molecular formula is C54H57N9O10. The van der Waals surface area contributed by atoms with Crippen LogP contribution < -0.4 is 35.6 Å². The van der Waals surface area contributed by atoms with Gasteiger partial charge in [0.05, 0.1) is 36.5 Å². The Bertz CT molecular complexity index is 2780. The van der Waals surface area contributed by atoms with E-state index in [2.05, 4.69) is 37.3 Å². The lowest BCUT2D eigenvalue weighted by Crippen LogP contribution is -2.54. The number of fused-ring (bicyclic) bond motifs is 1. The molecule has 19 nitrogen and oxygen atoms in total. The Hall–Kier alpha value is -8.21. The van der Waals surface area contributed by atoms with Crippen LogP contribution in [0.2, 0.25) is 0 Å². The van der Waals surface area contributed by atoms with Crippen molar-refractivity contribution < 1.29 is 47.7 Å². The number of unbranched alkanes of at least 4 members (excludes halogenated alkanes) is 1. The highest BCUT2D eigenvalue weighted by molar-refractivity contribution is 6.24. The van der Waals surface area contributed by atoms with Crippen molar-refractivity contribution in [1.29, 1.82) is 5.26 Å². The molecule has 19 heteroatoms. The third-order valence-electron chi connectivity index (χ3n) is 12.7. The normalized spacial score (nSPS) is 17.2. The average molecular weight is 992 g/mol. The van der Waals surface area contributed by atoms with Crippen molar-refractivity contribution >= 4 is 47.1 Å². The number of urea groups is 1. The maximum Gasteiger partial charge on any atom is 0.322 e. The minimum atomic E-state index is -1.10. The summed E-state index contributed by atoms with van der Waals surface area (Å²) in [6.07, 6.45) is 7.95. The number of piperidine rings is 1. The minimum absolute atomic E-state index is 0.00741. The zero-order valence-electron chi connectivity index (χ0n) is 40.3. The molecule has 4 heterocycles. The Balaban J connectivity index is 0.711. The number of anilines is 2. The SMILES string of the molecule is N#Cc1ccc(N[C@H]2CC[C@H](N(C(=O)NCc3ccccc3)c3ccc(-c4ccnc(OCCOCCOCCCCNC(=O)COc5cccc6c5C(=O)N(C5CCC(=O)NC5=O)C6=O)c4)cc3)CC2)nc1. The first-order valence-electron chi connectivity index (χ1n) is 24.5. The van der Waals surface area contributed by atoms with Gasteiger partial charge in [0.2, 0.25) is 17.7 Å². The molecule has 0 radical (unpaired) electrons. The molecule has 73 heavy (non-hydrogen) atoms. The molecule has 2 fully saturated rings. The number of benzene rings is 3. The Kier molecular flexibility index (Phi) is 17.7. The molecular weight excluding hydrogens is 935 g/mol. The van der Waals surface area contributed by atoms with E-state index in [4.69, 9.17) is 24.2 Å². The molecule has 1 aliphatic carbocycles. The highest BCUT2D eigenvalue weighted by Crippen LogP contribution is 2.34. The van der Waals surface area contributed by atoms with Crippen LogP contribution in [0.5, 0.6) is 11.6 Å². The van der Waals surface area contributed by atoms with Gasteiger partial charge in [-0.25, -0.2) is 14.8 Å². The van der Waals surface area contributed by atoms with E-state index in [1.165, 1.54) is 18.2 Å². The second-order valence-electron chi connectivity index (χ2n) is 17.7. The minimum Gasteiger partial charge on any atom is -0.483 e. The smallest absolute Gasteiger partial charge is 0.322 e. The lowest BCUT2D eigenvalue weighted by atomic mass is 9.89. The number of imide groups is 2. The van der Waals surface area contributed by atoms with Gasteiger partial charge in [-0.1, -0.05) is 48.5 Å². The molecule has 0 bridgehead atoms. The first-order valence-corrected chi connectivity index (χ1v) is 24.5. The second kappa shape index (κ2) is 25.3. The zero-order chi connectivity index (χ0) is 50.9. The van der Waals surface area contributed by atoms with Gasteiger partial charge < -0.3 is 34.9 Å². The summed E-state index contributed by atoms with van der Waals surface area (Å²) >= 11 is 0. The van der Waals surface area contributed by atoms with Gasteiger partial charge >= 0.3 is 6.03 Å². The number of nitriles is 1. The van der Waals surface area contributed by atoms with E-state index in [0.717, 1.165) is 58.8 Å².